The fourth-order valence-corrected chi connectivity index (χ4v) is 2.28. The van der Waals surface area contributed by atoms with Crippen LogP contribution >= 0.6 is 11.6 Å². The molecule has 2 aromatic rings. The van der Waals surface area contributed by atoms with Crippen LogP contribution in [0.15, 0.2) is 47.5 Å². The molecule has 1 aromatic carbocycles. The first-order valence-electron chi connectivity index (χ1n) is 6.69. The summed E-state index contributed by atoms with van der Waals surface area (Å²) in [6.45, 7) is 2.72. The fraction of sp³-hybridized carbons (Fsp3) is 0.333. The molecule has 0 saturated heterocycles. The molecule has 2 rings (SSSR count). The number of hydrogen-bond donors (Lipinski definition) is 1. The van der Waals surface area contributed by atoms with E-state index < -0.39 is 0 Å². The first-order chi connectivity index (χ1) is 9.76. The molecule has 1 N–H and O–H groups in total. The van der Waals surface area contributed by atoms with Gasteiger partial charge in [-0.1, -0.05) is 37.3 Å². The van der Waals surface area contributed by atoms with Gasteiger partial charge in [-0.15, -0.1) is 11.6 Å². The third-order valence-electron chi connectivity index (χ3n) is 3.05. The number of nitrogens with zero attached hydrogens (tertiary/aromatic N) is 2. The second-order valence-electron chi connectivity index (χ2n) is 4.54. The summed E-state index contributed by atoms with van der Waals surface area (Å²) in [6, 6.07) is 9.68. The molecule has 1 unspecified atom stereocenters. The zero-order valence-corrected chi connectivity index (χ0v) is 12.2. The zero-order chi connectivity index (χ0) is 14.4. The molecule has 106 valence electrons. The predicted octanol–water partition coefficient (Wildman–Crippen LogP) is 3.05. The van der Waals surface area contributed by atoms with Gasteiger partial charge >= 0.3 is 0 Å². The van der Waals surface area contributed by atoms with Crippen molar-refractivity contribution in [1.82, 2.24) is 9.55 Å². The van der Waals surface area contributed by atoms with Gasteiger partial charge in [0.25, 0.3) is 5.56 Å². The smallest absolute Gasteiger partial charge is 0.293 e. The van der Waals surface area contributed by atoms with Gasteiger partial charge in [-0.3, -0.25) is 4.79 Å². The van der Waals surface area contributed by atoms with Crippen LogP contribution in [0.2, 0.25) is 0 Å². The van der Waals surface area contributed by atoms with Crippen molar-refractivity contribution in [1.29, 1.82) is 0 Å². The number of alkyl halides is 1. The molecule has 0 aliphatic rings. The van der Waals surface area contributed by atoms with Crippen molar-refractivity contribution >= 4 is 17.4 Å². The van der Waals surface area contributed by atoms with Crippen molar-refractivity contribution < 1.29 is 0 Å². The van der Waals surface area contributed by atoms with Crippen LogP contribution in [-0.4, -0.2) is 15.4 Å². The van der Waals surface area contributed by atoms with Crippen molar-refractivity contribution in [3.8, 4) is 0 Å². The average Bonchev–Trinajstić information content (AvgIpc) is 2.49. The van der Waals surface area contributed by atoms with Gasteiger partial charge in [0.15, 0.2) is 5.82 Å². The lowest BCUT2D eigenvalue weighted by Gasteiger charge is -2.17. The fourth-order valence-electron chi connectivity index (χ4n) is 2.02. The van der Waals surface area contributed by atoms with Gasteiger partial charge in [0.05, 0.1) is 6.04 Å². The minimum atomic E-state index is -0.129. The molecule has 1 heterocycles. The highest BCUT2D eigenvalue weighted by atomic mass is 35.5. The number of anilines is 1. The van der Waals surface area contributed by atoms with Crippen LogP contribution in [0.3, 0.4) is 0 Å². The van der Waals surface area contributed by atoms with E-state index in [2.05, 4.69) is 10.3 Å². The van der Waals surface area contributed by atoms with Crippen LogP contribution < -0.4 is 10.9 Å². The third-order valence-corrected chi connectivity index (χ3v) is 3.35. The van der Waals surface area contributed by atoms with Crippen LogP contribution in [0.5, 0.6) is 0 Å². The number of aryl methyl sites for hydroxylation is 1. The maximum atomic E-state index is 12.2. The number of halogens is 1. The van der Waals surface area contributed by atoms with Crippen molar-refractivity contribution in [3.05, 3.63) is 58.6 Å². The molecule has 0 radical (unpaired) electrons. The molecule has 0 fully saturated rings. The van der Waals surface area contributed by atoms with Crippen molar-refractivity contribution in [2.24, 2.45) is 0 Å². The normalized spacial score (nSPS) is 12.1. The number of aromatic nitrogens is 2. The molecule has 0 amide bonds. The summed E-state index contributed by atoms with van der Waals surface area (Å²) < 4.78 is 1.66. The topological polar surface area (TPSA) is 46.9 Å². The molecule has 1 atom stereocenters. The highest BCUT2D eigenvalue weighted by molar-refractivity contribution is 6.18. The standard InChI is InChI=1S/C15H18ClN3O/c1-2-9-19-10-8-17-14(15(19)20)18-13(11-16)12-6-4-3-5-7-12/h3-8,10,13H,2,9,11H2,1H3,(H,17,18). The molecule has 0 bridgehead atoms. The van der Waals surface area contributed by atoms with Gasteiger partial charge in [-0.25, -0.2) is 4.98 Å². The summed E-state index contributed by atoms with van der Waals surface area (Å²) in [5, 5.41) is 3.14. The van der Waals surface area contributed by atoms with Crippen LogP contribution in [0, 0.1) is 0 Å². The summed E-state index contributed by atoms with van der Waals surface area (Å²) in [4.78, 5) is 16.4. The quantitative estimate of drug-likeness (QED) is 0.832. The van der Waals surface area contributed by atoms with Gasteiger partial charge in [0.1, 0.15) is 0 Å². The van der Waals surface area contributed by atoms with E-state index in [0.29, 0.717) is 18.2 Å². The maximum absolute atomic E-state index is 12.2. The average molecular weight is 292 g/mol. The summed E-state index contributed by atoms with van der Waals surface area (Å²) in [5.41, 5.74) is 0.926. The summed E-state index contributed by atoms with van der Waals surface area (Å²) in [6.07, 6.45) is 4.24. The Kier molecular flexibility index (Phi) is 5.18. The van der Waals surface area contributed by atoms with Crippen molar-refractivity contribution in [2.45, 2.75) is 25.9 Å². The highest BCUT2D eigenvalue weighted by Crippen LogP contribution is 2.17. The lowest BCUT2D eigenvalue weighted by Crippen LogP contribution is -2.26. The Hall–Kier alpha value is -1.81. The molecule has 4 nitrogen and oxygen atoms in total. The third kappa shape index (κ3) is 3.39. The number of nitrogens with one attached hydrogen (secondary N) is 1. The van der Waals surface area contributed by atoms with Gasteiger partial charge in [-0.05, 0) is 12.0 Å². The molecule has 5 heteroatoms. The van der Waals surface area contributed by atoms with E-state index in [1.165, 1.54) is 0 Å². The molecule has 0 aliphatic carbocycles. The Morgan fingerprint density at radius 2 is 2.10 bits per heavy atom. The Bertz CT molecular complexity index is 598. The molecular weight excluding hydrogens is 274 g/mol. The van der Waals surface area contributed by atoms with Gasteiger partial charge in [-0.2, -0.15) is 0 Å². The van der Waals surface area contributed by atoms with Crippen molar-refractivity contribution in [3.63, 3.8) is 0 Å². The molecular formula is C15H18ClN3O. The minimum absolute atomic E-state index is 0.111. The van der Waals surface area contributed by atoms with Crippen molar-refractivity contribution in [2.75, 3.05) is 11.2 Å². The minimum Gasteiger partial charge on any atom is -0.357 e. The van der Waals surface area contributed by atoms with Crippen LogP contribution in [-0.2, 0) is 6.54 Å². The van der Waals surface area contributed by atoms with E-state index in [1.807, 2.05) is 37.3 Å². The summed E-state index contributed by atoms with van der Waals surface area (Å²) in [5.74, 6) is 0.712. The Balaban J connectivity index is 2.24. The van der Waals surface area contributed by atoms with Gasteiger partial charge in [0, 0.05) is 24.8 Å². The number of benzene rings is 1. The van der Waals surface area contributed by atoms with E-state index in [4.69, 9.17) is 11.6 Å². The van der Waals surface area contributed by atoms with Gasteiger partial charge in [0.2, 0.25) is 0 Å². The Morgan fingerprint density at radius 1 is 1.35 bits per heavy atom. The number of hydrogen-bond acceptors (Lipinski definition) is 3. The summed E-state index contributed by atoms with van der Waals surface area (Å²) in [7, 11) is 0. The second-order valence-corrected chi connectivity index (χ2v) is 4.84. The highest BCUT2D eigenvalue weighted by Gasteiger charge is 2.13. The van der Waals surface area contributed by atoms with E-state index in [0.717, 1.165) is 12.0 Å². The predicted molar refractivity (Wildman–Crippen MR) is 82.3 cm³/mol. The van der Waals surface area contributed by atoms with E-state index in [1.54, 1.807) is 17.0 Å². The van der Waals surface area contributed by atoms with Crippen LogP contribution in [0.1, 0.15) is 24.9 Å². The zero-order valence-electron chi connectivity index (χ0n) is 11.4. The Morgan fingerprint density at radius 3 is 2.75 bits per heavy atom. The van der Waals surface area contributed by atoms with E-state index >= 15 is 0 Å². The molecule has 0 saturated carbocycles. The SMILES string of the molecule is CCCn1ccnc(NC(CCl)c2ccccc2)c1=O. The van der Waals surface area contributed by atoms with Crippen LogP contribution in [0.25, 0.3) is 0 Å². The first-order valence-corrected chi connectivity index (χ1v) is 7.22. The monoisotopic (exact) mass is 291 g/mol. The largest absolute Gasteiger partial charge is 0.357 e. The Labute approximate surface area is 123 Å². The van der Waals surface area contributed by atoms with Crippen LogP contribution in [0.4, 0.5) is 5.82 Å². The van der Waals surface area contributed by atoms with E-state index in [-0.39, 0.29) is 11.6 Å². The second kappa shape index (κ2) is 7.10. The first kappa shape index (κ1) is 14.6. The lowest BCUT2D eigenvalue weighted by atomic mass is 10.1. The molecule has 20 heavy (non-hydrogen) atoms. The van der Waals surface area contributed by atoms with E-state index in [9.17, 15) is 4.79 Å². The maximum Gasteiger partial charge on any atom is 0.293 e. The molecule has 0 aliphatic heterocycles. The lowest BCUT2D eigenvalue weighted by molar-refractivity contribution is 0.648. The molecule has 0 spiro atoms. The summed E-state index contributed by atoms with van der Waals surface area (Å²) >= 11 is 6.01. The molecule has 1 aromatic heterocycles. The van der Waals surface area contributed by atoms with Gasteiger partial charge < -0.3 is 9.88 Å². The number of rotatable bonds is 6.